The number of urea groups is 1. The van der Waals surface area contributed by atoms with Gasteiger partial charge in [0.05, 0.1) is 0 Å². The Kier molecular flexibility index (Phi) is 6.39. The van der Waals surface area contributed by atoms with E-state index in [2.05, 4.69) is 32.7 Å². The monoisotopic (exact) mass is 298 g/mol. The lowest BCUT2D eigenvalue weighted by molar-refractivity contribution is 0.237. The van der Waals surface area contributed by atoms with E-state index in [1.807, 2.05) is 37.4 Å². The fourth-order valence-electron chi connectivity index (χ4n) is 2.08. The van der Waals surface area contributed by atoms with Crippen LogP contribution in [0.1, 0.15) is 11.1 Å². The van der Waals surface area contributed by atoms with Crippen LogP contribution in [0.3, 0.4) is 0 Å². The van der Waals surface area contributed by atoms with Gasteiger partial charge in [-0.15, -0.1) is 0 Å². The largest absolute Gasteiger partial charge is 0.337 e. The van der Waals surface area contributed by atoms with Crippen LogP contribution in [0.2, 0.25) is 0 Å². The molecule has 0 spiro atoms. The SMILES string of the molecule is CN(CCNC(=O)NCc1ccncc1)Cc1ccccc1. The quantitative estimate of drug-likeness (QED) is 0.822. The molecule has 0 saturated carbocycles. The van der Waals surface area contributed by atoms with Gasteiger partial charge in [0.1, 0.15) is 0 Å². The second kappa shape index (κ2) is 8.79. The predicted octanol–water partition coefficient (Wildman–Crippen LogP) is 2.01. The fourth-order valence-corrected chi connectivity index (χ4v) is 2.08. The molecule has 2 rings (SSSR count). The first kappa shape index (κ1) is 16.0. The first-order chi connectivity index (χ1) is 10.7. The van der Waals surface area contributed by atoms with Crippen molar-refractivity contribution in [2.24, 2.45) is 0 Å². The van der Waals surface area contributed by atoms with Gasteiger partial charge in [-0.2, -0.15) is 0 Å². The summed E-state index contributed by atoms with van der Waals surface area (Å²) in [6, 6.07) is 13.9. The minimum Gasteiger partial charge on any atom is -0.337 e. The van der Waals surface area contributed by atoms with Crippen LogP contribution in [-0.2, 0) is 13.1 Å². The molecular weight excluding hydrogens is 276 g/mol. The number of hydrogen-bond donors (Lipinski definition) is 2. The lowest BCUT2D eigenvalue weighted by Crippen LogP contribution is -2.39. The normalized spacial score (nSPS) is 10.5. The molecule has 0 radical (unpaired) electrons. The first-order valence-electron chi connectivity index (χ1n) is 7.37. The molecule has 2 amide bonds. The molecule has 0 aliphatic heterocycles. The Balaban J connectivity index is 1.60. The van der Waals surface area contributed by atoms with E-state index in [0.29, 0.717) is 13.1 Å². The van der Waals surface area contributed by atoms with Crippen LogP contribution in [0.15, 0.2) is 54.9 Å². The molecule has 0 saturated heterocycles. The molecule has 2 aromatic rings. The van der Waals surface area contributed by atoms with Gasteiger partial charge in [0.25, 0.3) is 0 Å². The van der Waals surface area contributed by atoms with Gasteiger partial charge in [0.2, 0.25) is 0 Å². The minimum absolute atomic E-state index is 0.148. The smallest absolute Gasteiger partial charge is 0.315 e. The van der Waals surface area contributed by atoms with E-state index in [1.165, 1.54) is 5.56 Å². The molecule has 0 aliphatic carbocycles. The number of nitrogens with zero attached hydrogens (tertiary/aromatic N) is 2. The Bertz CT molecular complexity index is 559. The van der Waals surface area contributed by atoms with Crippen LogP contribution in [0, 0.1) is 0 Å². The molecule has 0 bridgehead atoms. The van der Waals surface area contributed by atoms with E-state index >= 15 is 0 Å². The molecule has 0 aliphatic rings. The maximum absolute atomic E-state index is 11.7. The van der Waals surface area contributed by atoms with E-state index in [1.54, 1.807) is 12.4 Å². The molecule has 0 atom stereocenters. The number of carbonyl (C=O) groups is 1. The molecule has 0 fully saturated rings. The second-order valence-corrected chi connectivity index (χ2v) is 5.19. The van der Waals surface area contributed by atoms with Crippen LogP contribution in [0.25, 0.3) is 0 Å². The van der Waals surface area contributed by atoms with Gasteiger partial charge in [-0.25, -0.2) is 4.79 Å². The third-order valence-corrected chi connectivity index (χ3v) is 3.28. The van der Waals surface area contributed by atoms with Gasteiger partial charge in [-0.1, -0.05) is 30.3 Å². The molecule has 5 nitrogen and oxygen atoms in total. The maximum Gasteiger partial charge on any atom is 0.315 e. The van der Waals surface area contributed by atoms with Crippen molar-refractivity contribution >= 4 is 6.03 Å². The Morgan fingerprint density at radius 1 is 1.05 bits per heavy atom. The maximum atomic E-state index is 11.7. The summed E-state index contributed by atoms with van der Waals surface area (Å²) in [5, 5.41) is 5.69. The number of pyridine rings is 1. The summed E-state index contributed by atoms with van der Waals surface area (Å²) in [6.45, 7) is 2.80. The van der Waals surface area contributed by atoms with E-state index in [9.17, 15) is 4.79 Å². The van der Waals surface area contributed by atoms with Gasteiger partial charge in [0.15, 0.2) is 0 Å². The van der Waals surface area contributed by atoms with E-state index in [0.717, 1.165) is 18.7 Å². The predicted molar refractivity (Wildman–Crippen MR) is 87.3 cm³/mol. The average Bonchev–Trinajstić information content (AvgIpc) is 2.55. The van der Waals surface area contributed by atoms with E-state index in [-0.39, 0.29) is 6.03 Å². The van der Waals surface area contributed by atoms with Crippen molar-refractivity contribution in [2.45, 2.75) is 13.1 Å². The Morgan fingerprint density at radius 3 is 2.50 bits per heavy atom. The Hall–Kier alpha value is -2.40. The van der Waals surface area contributed by atoms with Crippen LogP contribution >= 0.6 is 0 Å². The Morgan fingerprint density at radius 2 is 1.77 bits per heavy atom. The molecule has 0 unspecified atom stereocenters. The summed E-state index contributed by atoms with van der Waals surface area (Å²) >= 11 is 0. The van der Waals surface area contributed by atoms with Gasteiger partial charge in [-0.3, -0.25) is 4.98 Å². The Labute approximate surface area is 131 Å². The zero-order valence-electron chi connectivity index (χ0n) is 12.8. The van der Waals surface area contributed by atoms with Crippen LogP contribution in [-0.4, -0.2) is 36.1 Å². The number of hydrogen-bond acceptors (Lipinski definition) is 3. The topological polar surface area (TPSA) is 57.3 Å². The fraction of sp³-hybridized carbons (Fsp3) is 0.294. The number of benzene rings is 1. The van der Waals surface area contributed by atoms with E-state index < -0.39 is 0 Å². The summed E-state index contributed by atoms with van der Waals surface area (Å²) < 4.78 is 0. The summed E-state index contributed by atoms with van der Waals surface area (Å²) in [6.07, 6.45) is 3.43. The zero-order chi connectivity index (χ0) is 15.6. The van der Waals surface area contributed by atoms with Crippen molar-refractivity contribution < 1.29 is 4.79 Å². The zero-order valence-corrected chi connectivity index (χ0v) is 12.8. The number of rotatable bonds is 7. The van der Waals surface area contributed by atoms with Gasteiger partial charge >= 0.3 is 6.03 Å². The van der Waals surface area contributed by atoms with Crippen LogP contribution in [0.4, 0.5) is 4.79 Å². The van der Waals surface area contributed by atoms with Gasteiger partial charge < -0.3 is 15.5 Å². The van der Waals surface area contributed by atoms with E-state index in [4.69, 9.17) is 0 Å². The summed E-state index contributed by atoms with van der Waals surface area (Å²) in [7, 11) is 2.05. The highest BCUT2D eigenvalue weighted by atomic mass is 16.2. The number of likely N-dealkylation sites (N-methyl/N-ethyl adjacent to an activating group) is 1. The third kappa shape index (κ3) is 5.93. The highest BCUT2D eigenvalue weighted by Crippen LogP contribution is 2.01. The molecule has 1 heterocycles. The van der Waals surface area contributed by atoms with Crippen molar-refractivity contribution in [1.82, 2.24) is 20.5 Å². The molecule has 116 valence electrons. The molecule has 1 aromatic heterocycles. The highest BCUT2D eigenvalue weighted by Gasteiger charge is 2.02. The number of aromatic nitrogens is 1. The third-order valence-electron chi connectivity index (χ3n) is 3.28. The lowest BCUT2D eigenvalue weighted by Gasteiger charge is -2.17. The molecule has 1 aromatic carbocycles. The number of amides is 2. The molecule has 2 N–H and O–H groups in total. The molecular formula is C17H22N4O. The number of carbonyl (C=O) groups excluding carboxylic acids is 1. The second-order valence-electron chi connectivity index (χ2n) is 5.19. The van der Waals surface area contributed by atoms with Crippen LogP contribution in [0.5, 0.6) is 0 Å². The van der Waals surface area contributed by atoms with Crippen molar-refractivity contribution in [3.05, 3.63) is 66.0 Å². The first-order valence-corrected chi connectivity index (χ1v) is 7.37. The summed E-state index contributed by atoms with van der Waals surface area (Å²) in [4.78, 5) is 17.8. The lowest BCUT2D eigenvalue weighted by atomic mass is 10.2. The van der Waals surface area contributed by atoms with Crippen LogP contribution < -0.4 is 10.6 Å². The molecule has 5 heteroatoms. The summed E-state index contributed by atoms with van der Waals surface area (Å²) in [5.41, 5.74) is 2.30. The average molecular weight is 298 g/mol. The highest BCUT2D eigenvalue weighted by molar-refractivity contribution is 5.73. The van der Waals surface area contributed by atoms with Crippen molar-refractivity contribution in [3.8, 4) is 0 Å². The summed E-state index contributed by atoms with van der Waals surface area (Å²) in [5.74, 6) is 0. The number of nitrogens with one attached hydrogen (secondary N) is 2. The van der Waals surface area contributed by atoms with Gasteiger partial charge in [-0.05, 0) is 30.3 Å². The van der Waals surface area contributed by atoms with Crippen molar-refractivity contribution in [3.63, 3.8) is 0 Å². The minimum atomic E-state index is -0.148. The van der Waals surface area contributed by atoms with Crippen molar-refractivity contribution in [2.75, 3.05) is 20.1 Å². The molecule has 22 heavy (non-hydrogen) atoms. The van der Waals surface area contributed by atoms with Gasteiger partial charge in [0, 0.05) is 38.6 Å². The van der Waals surface area contributed by atoms with Crippen molar-refractivity contribution in [1.29, 1.82) is 0 Å². The standard InChI is InChI=1S/C17H22N4O/c1-21(14-16-5-3-2-4-6-16)12-11-19-17(22)20-13-15-7-9-18-10-8-15/h2-10H,11-14H2,1H3,(H2,19,20,22).